The fourth-order valence-electron chi connectivity index (χ4n) is 2.31. The molecule has 2 aromatic rings. The summed E-state index contributed by atoms with van der Waals surface area (Å²) in [5, 5.41) is 10.7. The molecule has 6 nitrogen and oxygen atoms in total. The fraction of sp³-hybridized carbons (Fsp3) is 0.462. The van der Waals surface area contributed by atoms with Crippen LogP contribution in [0.4, 0.5) is 0 Å². The van der Waals surface area contributed by atoms with Gasteiger partial charge in [0.15, 0.2) is 5.82 Å². The normalized spacial score (nSPS) is 15.7. The van der Waals surface area contributed by atoms with E-state index in [1.165, 1.54) is 0 Å². The molecule has 3 rings (SSSR count). The molecule has 2 N–H and O–H groups in total. The highest BCUT2D eigenvalue weighted by molar-refractivity contribution is 5.85. The first kappa shape index (κ1) is 14.7. The van der Waals surface area contributed by atoms with Crippen LogP contribution in [-0.4, -0.2) is 40.4 Å². The van der Waals surface area contributed by atoms with Crippen molar-refractivity contribution in [3.05, 3.63) is 24.2 Å². The van der Waals surface area contributed by atoms with Gasteiger partial charge in [-0.1, -0.05) is 0 Å². The fourth-order valence-corrected chi connectivity index (χ4v) is 2.31. The van der Waals surface area contributed by atoms with Crippen molar-refractivity contribution >= 4 is 12.4 Å². The Kier molecular flexibility index (Phi) is 4.92. The van der Waals surface area contributed by atoms with Gasteiger partial charge in [0.25, 0.3) is 0 Å². The van der Waals surface area contributed by atoms with Crippen molar-refractivity contribution in [2.24, 2.45) is 0 Å². The van der Waals surface area contributed by atoms with Crippen LogP contribution in [0.3, 0.4) is 0 Å². The van der Waals surface area contributed by atoms with Gasteiger partial charge in [0.05, 0.1) is 7.11 Å². The number of methoxy groups -OCH3 is 1. The van der Waals surface area contributed by atoms with Crippen LogP contribution in [0.1, 0.15) is 24.6 Å². The summed E-state index contributed by atoms with van der Waals surface area (Å²) in [5.41, 5.74) is 0.900. The number of hydrogen-bond donors (Lipinski definition) is 2. The van der Waals surface area contributed by atoms with Crippen LogP contribution in [0.15, 0.2) is 18.3 Å². The predicted octanol–water partition coefficient (Wildman–Crippen LogP) is 1.76. The van der Waals surface area contributed by atoms with E-state index in [9.17, 15) is 0 Å². The number of nitrogens with one attached hydrogen (secondary N) is 2. The van der Waals surface area contributed by atoms with Gasteiger partial charge in [-0.25, -0.2) is 9.97 Å². The van der Waals surface area contributed by atoms with E-state index in [4.69, 9.17) is 4.74 Å². The summed E-state index contributed by atoms with van der Waals surface area (Å²) in [6.07, 6.45) is 3.94. The molecule has 108 valence electrons. The van der Waals surface area contributed by atoms with E-state index in [1.54, 1.807) is 13.3 Å². The van der Waals surface area contributed by atoms with E-state index in [2.05, 4.69) is 25.5 Å². The molecule has 7 heteroatoms. The maximum atomic E-state index is 5.04. The molecular formula is C13H18ClN5O. The minimum absolute atomic E-state index is 0. The summed E-state index contributed by atoms with van der Waals surface area (Å²) in [5.74, 6) is 2.75. The number of H-pyrrole nitrogens is 1. The zero-order chi connectivity index (χ0) is 13.1. The van der Waals surface area contributed by atoms with Crippen molar-refractivity contribution in [2.45, 2.75) is 18.8 Å². The standard InChI is InChI=1S/C13H17N5O.ClH/c1-19-11-3-2-10(8-15-11)13-16-12(17-18-13)9-4-6-14-7-5-9;/h2-3,8-9,14H,4-7H2,1H3,(H,16,17,18);1H. The minimum Gasteiger partial charge on any atom is -0.481 e. The highest BCUT2D eigenvalue weighted by atomic mass is 35.5. The first-order valence-corrected chi connectivity index (χ1v) is 6.50. The Morgan fingerprint density at radius 3 is 2.70 bits per heavy atom. The first-order valence-electron chi connectivity index (χ1n) is 6.50. The molecule has 3 heterocycles. The van der Waals surface area contributed by atoms with Crippen LogP contribution >= 0.6 is 12.4 Å². The van der Waals surface area contributed by atoms with Gasteiger partial charge < -0.3 is 10.1 Å². The molecule has 1 saturated heterocycles. The van der Waals surface area contributed by atoms with E-state index in [0.717, 1.165) is 37.3 Å². The second-order valence-electron chi connectivity index (χ2n) is 4.66. The Balaban J connectivity index is 0.00000147. The molecular weight excluding hydrogens is 278 g/mol. The maximum absolute atomic E-state index is 5.04. The van der Waals surface area contributed by atoms with Crippen LogP contribution < -0.4 is 10.1 Å². The van der Waals surface area contributed by atoms with E-state index < -0.39 is 0 Å². The van der Waals surface area contributed by atoms with Crippen LogP contribution in [-0.2, 0) is 0 Å². The number of pyridine rings is 1. The monoisotopic (exact) mass is 295 g/mol. The summed E-state index contributed by atoms with van der Waals surface area (Å²) in [6, 6.07) is 3.73. The molecule has 0 saturated carbocycles. The van der Waals surface area contributed by atoms with Crippen LogP contribution in [0.2, 0.25) is 0 Å². The van der Waals surface area contributed by atoms with Crippen LogP contribution in [0, 0.1) is 0 Å². The Labute approximate surface area is 123 Å². The number of piperidine rings is 1. The van der Waals surface area contributed by atoms with Gasteiger partial charge in [-0.2, -0.15) is 5.10 Å². The molecule has 20 heavy (non-hydrogen) atoms. The van der Waals surface area contributed by atoms with Gasteiger partial charge >= 0.3 is 0 Å². The highest BCUT2D eigenvalue weighted by Gasteiger charge is 2.19. The second kappa shape index (κ2) is 6.67. The molecule has 1 fully saturated rings. The molecule has 2 aromatic heterocycles. The molecule has 0 bridgehead atoms. The van der Waals surface area contributed by atoms with E-state index in [1.807, 2.05) is 12.1 Å². The lowest BCUT2D eigenvalue weighted by atomic mass is 9.98. The van der Waals surface area contributed by atoms with Gasteiger partial charge in [-0.3, -0.25) is 5.10 Å². The third kappa shape index (κ3) is 3.08. The number of nitrogens with zero attached hydrogens (tertiary/aromatic N) is 3. The number of aromatic nitrogens is 4. The van der Waals surface area contributed by atoms with Crippen LogP contribution in [0.25, 0.3) is 11.4 Å². The number of aromatic amines is 1. The highest BCUT2D eigenvalue weighted by Crippen LogP contribution is 2.24. The summed E-state index contributed by atoms with van der Waals surface area (Å²) in [7, 11) is 1.60. The molecule has 0 radical (unpaired) electrons. The maximum Gasteiger partial charge on any atom is 0.212 e. The zero-order valence-corrected chi connectivity index (χ0v) is 12.1. The van der Waals surface area contributed by atoms with Gasteiger partial charge in [-0.15, -0.1) is 12.4 Å². The number of halogens is 1. The third-order valence-corrected chi connectivity index (χ3v) is 3.43. The largest absolute Gasteiger partial charge is 0.481 e. The van der Waals surface area contributed by atoms with E-state index in [0.29, 0.717) is 17.6 Å². The van der Waals surface area contributed by atoms with Crippen molar-refractivity contribution in [3.8, 4) is 17.3 Å². The molecule has 1 aliphatic heterocycles. The quantitative estimate of drug-likeness (QED) is 0.902. The lowest BCUT2D eigenvalue weighted by Crippen LogP contribution is -2.27. The summed E-state index contributed by atoms with van der Waals surface area (Å²) in [4.78, 5) is 8.75. The number of hydrogen-bond acceptors (Lipinski definition) is 5. The van der Waals surface area contributed by atoms with E-state index in [-0.39, 0.29) is 12.4 Å². The van der Waals surface area contributed by atoms with E-state index >= 15 is 0 Å². The van der Waals surface area contributed by atoms with Crippen molar-refractivity contribution < 1.29 is 4.74 Å². The Hall–Kier alpha value is -1.66. The summed E-state index contributed by atoms with van der Waals surface area (Å²) >= 11 is 0. The SMILES string of the molecule is COc1ccc(-c2n[nH]c(C3CCNCC3)n2)cn1.Cl. The number of ether oxygens (including phenoxy) is 1. The topological polar surface area (TPSA) is 75.7 Å². The second-order valence-corrected chi connectivity index (χ2v) is 4.66. The van der Waals surface area contributed by atoms with Gasteiger partial charge in [0, 0.05) is 23.7 Å². The van der Waals surface area contributed by atoms with Gasteiger partial charge in [-0.05, 0) is 32.0 Å². The lowest BCUT2D eigenvalue weighted by Gasteiger charge is -2.19. The smallest absolute Gasteiger partial charge is 0.212 e. The molecule has 0 spiro atoms. The zero-order valence-electron chi connectivity index (χ0n) is 11.3. The molecule has 1 aliphatic rings. The minimum atomic E-state index is 0. The van der Waals surface area contributed by atoms with Crippen LogP contribution in [0.5, 0.6) is 5.88 Å². The van der Waals surface area contributed by atoms with Crippen molar-refractivity contribution in [2.75, 3.05) is 20.2 Å². The number of rotatable bonds is 3. The van der Waals surface area contributed by atoms with Crippen molar-refractivity contribution in [1.82, 2.24) is 25.5 Å². The first-order chi connectivity index (χ1) is 9.36. The molecule has 0 atom stereocenters. The summed E-state index contributed by atoms with van der Waals surface area (Å²) < 4.78 is 5.04. The molecule has 0 unspecified atom stereocenters. The Bertz CT molecular complexity index is 536. The average molecular weight is 296 g/mol. The molecule has 0 amide bonds. The summed E-state index contributed by atoms with van der Waals surface area (Å²) in [6.45, 7) is 2.09. The van der Waals surface area contributed by atoms with Gasteiger partial charge in [0.2, 0.25) is 5.88 Å². The Morgan fingerprint density at radius 2 is 2.05 bits per heavy atom. The van der Waals surface area contributed by atoms with Crippen molar-refractivity contribution in [1.29, 1.82) is 0 Å². The van der Waals surface area contributed by atoms with Gasteiger partial charge in [0.1, 0.15) is 5.82 Å². The third-order valence-electron chi connectivity index (χ3n) is 3.43. The van der Waals surface area contributed by atoms with Crippen molar-refractivity contribution in [3.63, 3.8) is 0 Å². The molecule has 0 aliphatic carbocycles. The average Bonchev–Trinajstić information content (AvgIpc) is 2.98. The molecule has 0 aromatic carbocycles. The predicted molar refractivity (Wildman–Crippen MR) is 78.3 cm³/mol. The lowest BCUT2D eigenvalue weighted by molar-refractivity contribution is 0.398. The Morgan fingerprint density at radius 1 is 1.25 bits per heavy atom.